The summed E-state index contributed by atoms with van der Waals surface area (Å²) in [5.74, 6) is 0.513. The molecule has 0 aromatic carbocycles. The maximum atomic E-state index is 6.36. The smallest absolute Gasteiger partial charge is 0.0963 e. The first kappa shape index (κ1) is 15.2. The molecule has 0 bridgehead atoms. The van der Waals surface area contributed by atoms with Crippen LogP contribution in [0.2, 0.25) is 0 Å². The summed E-state index contributed by atoms with van der Waals surface area (Å²) in [6.07, 6.45) is 3.48. The minimum Gasteiger partial charge on any atom is -0.371 e. The van der Waals surface area contributed by atoms with Gasteiger partial charge in [0.05, 0.1) is 19.3 Å². The Labute approximate surface area is 117 Å². The standard InChI is InChI=1S/C15H30N2O2/c1-6-7-19-17-14(2,3)8-11(9-15(17,4)5)13(16)12-10-18-12/h11-13H,6-10,16H2,1-5H3. The number of nitrogens with zero attached hydrogens (tertiary/aromatic N) is 1. The molecule has 0 saturated carbocycles. The highest BCUT2D eigenvalue weighted by Gasteiger charge is 2.50. The molecule has 2 N–H and O–H groups in total. The fraction of sp³-hybridized carbons (Fsp3) is 1.00. The van der Waals surface area contributed by atoms with Gasteiger partial charge in [-0.2, -0.15) is 5.06 Å². The third kappa shape index (κ3) is 3.30. The first-order chi connectivity index (χ1) is 8.78. The summed E-state index contributed by atoms with van der Waals surface area (Å²) < 4.78 is 5.38. The number of ether oxygens (including phenoxy) is 1. The van der Waals surface area contributed by atoms with Gasteiger partial charge in [0.1, 0.15) is 0 Å². The topological polar surface area (TPSA) is 51.0 Å². The molecule has 2 unspecified atom stereocenters. The number of hydrogen-bond acceptors (Lipinski definition) is 4. The van der Waals surface area contributed by atoms with Gasteiger partial charge in [0, 0.05) is 17.1 Å². The predicted octanol–water partition coefficient (Wildman–Crippen LogP) is 2.32. The molecular formula is C15H30N2O2. The van der Waals surface area contributed by atoms with Gasteiger partial charge in [-0.25, -0.2) is 0 Å². The molecule has 2 saturated heterocycles. The van der Waals surface area contributed by atoms with Crippen LogP contribution in [0.25, 0.3) is 0 Å². The van der Waals surface area contributed by atoms with E-state index < -0.39 is 0 Å². The molecule has 2 heterocycles. The highest BCUT2D eigenvalue weighted by atomic mass is 16.7. The first-order valence-corrected chi connectivity index (χ1v) is 7.58. The summed E-state index contributed by atoms with van der Waals surface area (Å²) in [6, 6.07) is 0.173. The van der Waals surface area contributed by atoms with Gasteiger partial charge in [0.25, 0.3) is 0 Å². The molecule has 2 aliphatic heterocycles. The Morgan fingerprint density at radius 2 is 1.79 bits per heavy atom. The number of rotatable bonds is 5. The highest BCUT2D eigenvalue weighted by Crippen LogP contribution is 2.43. The van der Waals surface area contributed by atoms with Crippen LogP contribution in [-0.4, -0.2) is 41.5 Å². The normalized spacial score (nSPS) is 32.2. The van der Waals surface area contributed by atoms with Crippen molar-refractivity contribution >= 4 is 0 Å². The van der Waals surface area contributed by atoms with Gasteiger partial charge in [-0.3, -0.25) is 4.84 Å². The van der Waals surface area contributed by atoms with E-state index in [0.717, 1.165) is 32.5 Å². The lowest BCUT2D eigenvalue weighted by atomic mass is 9.72. The molecule has 0 amide bonds. The van der Waals surface area contributed by atoms with E-state index >= 15 is 0 Å². The van der Waals surface area contributed by atoms with Crippen LogP contribution >= 0.6 is 0 Å². The fourth-order valence-corrected chi connectivity index (χ4v) is 3.73. The number of piperidine rings is 1. The van der Waals surface area contributed by atoms with Gasteiger partial charge in [0.15, 0.2) is 0 Å². The SMILES string of the molecule is CCCON1C(C)(C)CC(C(N)C2CO2)CC1(C)C. The Morgan fingerprint density at radius 1 is 1.26 bits per heavy atom. The van der Waals surface area contributed by atoms with Crippen LogP contribution in [0.4, 0.5) is 0 Å². The van der Waals surface area contributed by atoms with Gasteiger partial charge in [-0.15, -0.1) is 0 Å². The Balaban J connectivity index is 2.08. The average Bonchev–Trinajstić information content (AvgIpc) is 3.08. The van der Waals surface area contributed by atoms with Crippen molar-refractivity contribution in [1.82, 2.24) is 5.06 Å². The highest BCUT2D eigenvalue weighted by molar-refractivity contribution is 5.01. The molecule has 2 aliphatic rings. The molecule has 0 spiro atoms. The second-order valence-corrected chi connectivity index (χ2v) is 7.37. The molecule has 0 aromatic heterocycles. The van der Waals surface area contributed by atoms with Crippen molar-refractivity contribution in [3.8, 4) is 0 Å². The van der Waals surface area contributed by atoms with E-state index in [2.05, 4.69) is 39.7 Å². The maximum Gasteiger partial charge on any atom is 0.0963 e. The Morgan fingerprint density at radius 3 is 2.21 bits per heavy atom. The zero-order valence-electron chi connectivity index (χ0n) is 13.1. The monoisotopic (exact) mass is 270 g/mol. The Bertz CT molecular complexity index is 295. The fourth-order valence-electron chi connectivity index (χ4n) is 3.73. The zero-order chi connectivity index (χ0) is 14.3. The molecule has 0 radical (unpaired) electrons. The number of epoxide rings is 1. The van der Waals surface area contributed by atoms with E-state index in [4.69, 9.17) is 15.3 Å². The third-order valence-corrected chi connectivity index (χ3v) is 4.38. The van der Waals surface area contributed by atoms with Crippen LogP contribution in [0, 0.1) is 5.92 Å². The van der Waals surface area contributed by atoms with E-state index in [1.165, 1.54) is 0 Å². The van der Waals surface area contributed by atoms with Crippen LogP contribution < -0.4 is 5.73 Å². The maximum absolute atomic E-state index is 6.36. The second-order valence-electron chi connectivity index (χ2n) is 7.37. The van der Waals surface area contributed by atoms with Gasteiger partial charge in [0.2, 0.25) is 0 Å². The summed E-state index contributed by atoms with van der Waals surface area (Å²) >= 11 is 0. The van der Waals surface area contributed by atoms with Crippen molar-refractivity contribution in [2.45, 2.75) is 77.1 Å². The van der Waals surface area contributed by atoms with Gasteiger partial charge in [-0.1, -0.05) is 6.92 Å². The van der Waals surface area contributed by atoms with E-state index in [9.17, 15) is 0 Å². The number of nitrogens with two attached hydrogens (primary N) is 1. The van der Waals surface area contributed by atoms with E-state index in [1.807, 2.05) is 0 Å². The summed E-state index contributed by atoms with van der Waals surface area (Å²) in [7, 11) is 0. The molecule has 0 aromatic rings. The number of hydrogen-bond donors (Lipinski definition) is 1. The van der Waals surface area contributed by atoms with Crippen molar-refractivity contribution in [2.75, 3.05) is 13.2 Å². The molecule has 4 nitrogen and oxygen atoms in total. The Kier molecular flexibility index (Phi) is 4.26. The molecule has 112 valence electrons. The third-order valence-electron chi connectivity index (χ3n) is 4.38. The minimum absolute atomic E-state index is 0.0219. The van der Waals surface area contributed by atoms with E-state index in [1.54, 1.807) is 0 Å². The summed E-state index contributed by atoms with van der Waals surface area (Å²) in [4.78, 5) is 6.03. The Hall–Kier alpha value is -0.160. The molecule has 2 atom stereocenters. The zero-order valence-corrected chi connectivity index (χ0v) is 13.1. The average molecular weight is 270 g/mol. The molecule has 2 rings (SSSR count). The molecule has 0 aliphatic carbocycles. The lowest BCUT2D eigenvalue weighted by Gasteiger charge is -2.54. The first-order valence-electron chi connectivity index (χ1n) is 7.58. The van der Waals surface area contributed by atoms with Gasteiger partial charge in [-0.05, 0) is 52.9 Å². The van der Waals surface area contributed by atoms with Crippen LogP contribution in [0.1, 0.15) is 53.9 Å². The summed E-state index contributed by atoms with van der Waals surface area (Å²) in [6.45, 7) is 12.8. The van der Waals surface area contributed by atoms with Crippen molar-refractivity contribution in [3.05, 3.63) is 0 Å². The van der Waals surface area contributed by atoms with Crippen molar-refractivity contribution in [2.24, 2.45) is 11.7 Å². The quantitative estimate of drug-likeness (QED) is 0.779. The lowest BCUT2D eigenvalue weighted by Crippen LogP contribution is -2.62. The largest absolute Gasteiger partial charge is 0.371 e. The van der Waals surface area contributed by atoms with Crippen molar-refractivity contribution in [1.29, 1.82) is 0 Å². The molecular weight excluding hydrogens is 240 g/mol. The van der Waals surface area contributed by atoms with Crippen LogP contribution in [0.3, 0.4) is 0 Å². The molecule has 19 heavy (non-hydrogen) atoms. The predicted molar refractivity (Wildman–Crippen MR) is 76.7 cm³/mol. The molecule has 4 heteroatoms. The second kappa shape index (κ2) is 5.32. The minimum atomic E-state index is 0.0219. The van der Waals surface area contributed by atoms with E-state index in [0.29, 0.717) is 12.0 Å². The van der Waals surface area contributed by atoms with Crippen LogP contribution in [0.5, 0.6) is 0 Å². The van der Waals surface area contributed by atoms with Crippen LogP contribution in [-0.2, 0) is 9.57 Å². The molecule has 2 fully saturated rings. The summed E-state index contributed by atoms with van der Waals surface area (Å²) in [5.41, 5.74) is 6.40. The lowest BCUT2D eigenvalue weighted by molar-refractivity contribution is -0.288. The van der Waals surface area contributed by atoms with Crippen LogP contribution in [0.15, 0.2) is 0 Å². The number of hydroxylamine groups is 2. The van der Waals surface area contributed by atoms with Crippen molar-refractivity contribution in [3.63, 3.8) is 0 Å². The van der Waals surface area contributed by atoms with Crippen molar-refractivity contribution < 1.29 is 9.57 Å². The van der Waals surface area contributed by atoms with E-state index in [-0.39, 0.29) is 17.1 Å². The summed E-state index contributed by atoms with van der Waals surface area (Å²) in [5, 5.41) is 2.21. The van der Waals surface area contributed by atoms with Gasteiger partial charge < -0.3 is 10.5 Å². The van der Waals surface area contributed by atoms with Gasteiger partial charge >= 0.3 is 0 Å².